The fourth-order valence-corrected chi connectivity index (χ4v) is 2.19. The van der Waals surface area contributed by atoms with Gasteiger partial charge in [-0.05, 0) is 57.9 Å². The molecule has 1 aromatic rings. The third-order valence-corrected chi connectivity index (χ3v) is 3.35. The van der Waals surface area contributed by atoms with Gasteiger partial charge in [0.1, 0.15) is 11.4 Å². The fourth-order valence-electron chi connectivity index (χ4n) is 2.19. The number of carbonyl (C=O) groups excluding carboxylic acids is 1. The van der Waals surface area contributed by atoms with Gasteiger partial charge in [0.05, 0.1) is 7.11 Å². The van der Waals surface area contributed by atoms with Crippen LogP contribution in [0.15, 0.2) is 29.3 Å². The molecule has 1 rings (SSSR count). The van der Waals surface area contributed by atoms with Gasteiger partial charge in [0.2, 0.25) is 0 Å². The number of rotatable bonds is 9. The lowest BCUT2D eigenvalue weighted by Crippen LogP contribution is -2.23. The number of methoxy groups -OCH3 is 1. The van der Waals surface area contributed by atoms with E-state index in [1.807, 2.05) is 45.0 Å². The van der Waals surface area contributed by atoms with Crippen LogP contribution in [0.4, 0.5) is 5.69 Å². The molecule has 0 spiro atoms. The summed E-state index contributed by atoms with van der Waals surface area (Å²) in [6, 6.07) is 7.50. The number of nitrogens with zero attached hydrogens (tertiary/aromatic N) is 1. The number of esters is 1. The van der Waals surface area contributed by atoms with Crippen molar-refractivity contribution in [2.75, 3.05) is 19.0 Å². The summed E-state index contributed by atoms with van der Waals surface area (Å²) in [5.41, 5.74) is 6.33. The zero-order valence-electron chi connectivity index (χ0n) is 16.2. The molecule has 0 saturated carbocycles. The molecule has 0 aliphatic rings. The topological polar surface area (TPSA) is 85.9 Å². The predicted octanol–water partition coefficient (Wildman–Crippen LogP) is 4.33. The first-order chi connectivity index (χ1) is 11.8. The second-order valence-electron chi connectivity index (χ2n) is 6.87. The Morgan fingerprint density at radius 3 is 2.31 bits per heavy atom. The van der Waals surface area contributed by atoms with Gasteiger partial charge in [0.25, 0.3) is 0 Å². The van der Waals surface area contributed by atoms with E-state index in [0.717, 1.165) is 37.1 Å². The van der Waals surface area contributed by atoms with Crippen molar-refractivity contribution in [1.82, 2.24) is 0 Å². The van der Waals surface area contributed by atoms with Crippen LogP contribution < -0.4 is 15.8 Å². The third-order valence-electron chi connectivity index (χ3n) is 3.35. The number of ether oxygens (including phenoxy) is 2. The molecule has 1 aromatic carbocycles. The zero-order valence-corrected chi connectivity index (χ0v) is 18.5. The lowest BCUT2D eigenvalue weighted by molar-refractivity contribution is -0.154. The Kier molecular flexibility index (Phi) is 12.0. The number of benzene rings is 1. The molecular formula is C19H32IN3O3. The van der Waals surface area contributed by atoms with Gasteiger partial charge in [-0.25, -0.2) is 0 Å². The highest BCUT2D eigenvalue weighted by Crippen LogP contribution is 2.14. The van der Waals surface area contributed by atoms with Gasteiger partial charge in [-0.15, -0.1) is 24.0 Å². The van der Waals surface area contributed by atoms with E-state index in [4.69, 9.17) is 15.2 Å². The summed E-state index contributed by atoms with van der Waals surface area (Å²) in [4.78, 5) is 15.9. The first-order valence-electron chi connectivity index (χ1n) is 8.73. The molecule has 148 valence electrons. The van der Waals surface area contributed by atoms with E-state index in [2.05, 4.69) is 10.3 Å². The average Bonchev–Trinajstić information content (AvgIpc) is 2.53. The van der Waals surface area contributed by atoms with Crippen LogP contribution in [0.5, 0.6) is 5.75 Å². The Bertz CT molecular complexity index is 554. The molecule has 6 nitrogen and oxygen atoms in total. The highest BCUT2D eigenvalue weighted by Gasteiger charge is 2.15. The highest BCUT2D eigenvalue weighted by atomic mass is 127. The number of hydrogen-bond acceptors (Lipinski definition) is 4. The van der Waals surface area contributed by atoms with Crippen LogP contribution in [0, 0.1) is 0 Å². The summed E-state index contributed by atoms with van der Waals surface area (Å²) < 4.78 is 10.4. The second-order valence-corrected chi connectivity index (χ2v) is 6.87. The molecule has 0 atom stereocenters. The molecule has 0 heterocycles. The summed E-state index contributed by atoms with van der Waals surface area (Å²) >= 11 is 0. The Morgan fingerprint density at radius 1 is 1.12 bits per heavy atom. The second kappa shape index (κ2) is 12.8. The van der Waals surface area contributed by atoms with Crippen molar-refractivity contribution in [1.29, 1.82) is 0 Å². The van der Waals surface area contributed by atoms with Crippen molar-refractivity contribution >= 4 is 41.6 Å². The van der Waals surface area contributed by atoms with E-state index in [9.17, 15) is 4.79 Å². The summed E-state index contributed by atoms with van der Waals surface area (Å²) in [7, 11) is 1.63. The van der Waals surface area contributed by atoms with Crippen LogP contribution in [-0.2, 0) is 9.53 Å². The standard InChI is InChI=1S/C19H31N3O3.HI/c1-19(2,3)25-17(23)9-7-5-6-8-14-21-18(20)22-15-10-12-16(24-4)13-11-15;/h10-13H,5-9,14H2,1-4H3,(H3,20,21,22);1H. The minimum absolute atomic E-state index is 0. The van der Waals surface area contributed by atoms with Crippen molar-refractivity contribution in [3.05, 3.63) is 24.3 Å². The monoisotopic (exact) mass is 477 g/mol. The molecule has 0 aliphatic carbocycles. The number of guanidine groups is 1. The quantitative estimate of drug-likeness (QED) is 0.182. The van der Waals surface area contributed by atoms with E-state index in [1.165, 1.54) is 0 Å². The summed E-state index contributed by atoms with van der Waals surface area (Å²) in [6.45, 7) is 6.31. The van der Waals surface area contributed by atoms with Crippen molar-refractivity contribution in [2.24, 2.45) is 10.7 Å². The number of halogens is 1. The van der Waals surface area contributed by atoms with E-state index >= 15 is 0 Å². The van der Waals surface area contributed by atoms with Crippen LogP contribution >= 0.6 is 24.0 Å². The van der Waals surface area contributed by atoms with Gasteiger partial charge >= 0.3 is 5.97 Å². The van der Waals surface area contributed by atoms with Crippen molar-refractivity contribution in [3.63, 3.8) is 0 Å². The first kappa shape index (κ1) is 24.5. The van der Waals surface area contributed by atoms with Crippen LogP contribution in [0.25, 0.3) is 0 Å². The van der Waals surface area contributed by atoms with Crippen molar-refractivity contribution in [2.45, 2.75) is 58.5 Å². The van der Waals surface area contributed by atoms with Crippen molar-refractivity contribution in [3.8, 4) is 5.75 Å². The maximum Gasteiger partial charge on any atom is 0.306 e. The van der Waals surface area contributed by atoms with Crippen LogP contribution in [0.1, 0.15) is 52.9 Å². The number of nitrogens with two attached hydrogens (primary N) is 1. The molecule has 0 bridgehead atoms. The molecule has 0 radical (unpaired) electrons. The molecule has 7 heteroatoms. The maximum atomic E-state index is 11.6. The summed E-state index contributed by atoms with van der Waals surface area (Å²) in [6.07, 6.45) is 4.27. The van der Waals surface area contributed by atoms with Gasteiger partial charge < -0.3 is 20.5 Å². The number of hydrogen-bond donors (Lipinski definition) is 2. The van der Waals surface area contributed by atoms with Crippen LogP contribution in [-0.4, -0.2) is 31.2 Å². The maximum absolute atomic E-state index is 11.6. The minimum Gasteiger partial charge on any atom is -0.497 e. The predicted molar refractivity (Wildman–Crippen MR) is 117 cm³/mol. The van der Waals surface area contributed by atoms with Gasteiger partial charge in [-0.1, -0.05) is 12.8 Å². The molecule has 0 saturated heterocycles. The largest absolute Gasteiger partial charge is 0.497 e. The average molecular weight is 477 g/mol. The van der Waals surface area contributed by atoms with E-state index in [-0.39, 0.29) is 29.9 Å². The summed E-state index contributed by atoms with van der Waals surface area (Å²) in [5.74, 6) is 1.07. The van der Waals surface area contributed by atoms with E-state index in [0.29, 0.717) is 18.9 Å². The van der Waals surface area contributed by atoms with E-state index in [1.54, 1.807) is 7.11 Å². The zero-order chi connectivity index (χ0) is 18.7. The van der Waals surface area contributed by atoms with Crippen LogP contribution in [0.3, 0.4) is 0 Å². The molecule has 0 fully saturated rings. The molecule has 26 heavy (non-hydrogen) atoms. The fraction of sp³-hybridized carbons (Fsp3) is 0.579. The molecule has 0 aromatic heterocycles. The Hall–Kier alpha value is -1.51. The lowest BCUT2D eigenvalue weighted by Gasteiger charge is -2.19. The molecule has 0 aliphatic heterocycles. The van der Waals surface area contributed by atoms with Gasteiger partial charge in [-0.2, -0.15) is 0 Å². The molecule has 3 N–H and O–H groups in total. The Balaban J connectivity index is 0.00000625. The number of nitrogens with one attached hydrogen (secondary N) is 1. The third kappa shape index (κ3) is 11.9. The highest BCUT2D eigenvalue weighted by molar-refractivity contribution is 14.0. The van der Waals surface area contributed by atoms with E-state index < -0.39 is 5.60 Å². The Labute approximate surface area is 173 Å². The van der Waals surface area contributed by atoms with Crippen LogP contribution in [0.2, 0.25) is 0 Å². The number of anilines is 1. The van der Waals surface area contributed by atoms with Gasteiger partial charge in [0, 0.05) is 18.7 Å². The van der Waals surface area contributed by atoms with Gasteiger partial charge in [0.15, 0.2) is 5.96 Å². The SMILES string of the molecule is COc1ccc(NC(N)=NCCCCCCC(=O)OC(C)(C)C)cc1.I. The van der Waals surface area contributed by atoms with Crippen molar-refractivity contribution < 1.29 is 14.3 Å². The number of unbranched alkanes of at least 4 members (excludes halogenated alkanes) is 3. The Morgan fingerprint density at radius 2 is 1.73 bits per heavy atom. The number of carbonyl (C=O) groups is 1. The van der Waals surface area contributed by atoms with Gasteiger partial charge in [-0.3, -0.25) is 9.79 Å². The smallest absolute Gasteiger partial charge is 0.306 e. The number of aliphatic imine (C=N–C) groups is 1. The normalized spacial score (nSPS) is 11.5. The minimum atomic E-state index is -0.403. The summed E-state index contributed by atoms with van der Waals surface area (Å²) in [5, 5.41) is 3.04. The molecule has 0 amide bonds. The molecular weight excluding hydrogens is 445 g/mol. The lowest BCUT2D eigenvalue weighted by atomic mass is 10.1. The first-order valence-corrected chi connectivity index (χ1v) is 8.73. The molecule has 0 unspecified atom stereocenters.